The van der Waals surface area contributed by atoms with Crippen LogP contribution in [0, 0.1) is 0 Å². The highest BCUT2D eigenvalue weighted by atomic mass is 31.2. The molecular weight excluding hydrogens is 1320 g/mol. The van der Waals surface area contributed by atoms with E-state index in [0.717, 1.165) is 89.9 Å². The van der Waals surface area contributed by atoms with Crippen molar-refractivity contribution in [2.75, 3.05) is 39.6 Å². The van der Waals surface area contributed by atoms with Crippen molar-refractivity contribution in [3.05, 3.63) is 0 Å². The van der Waals surface area contributed by atoms with Gasteiger partial charge in [-0.3, -0.25) is 37.3 Å². The molecular formula is C82H160O17P2. The molecule has 5 atom stereocenters. The second-order valence-corrected chi connectivity index (χ2v) is 32.4. The van der Waals surface area contributed by atoms with Crippen LogP contribution in [0.3, 0.4) is 0 Å². The van der Waals surface area contributed by atoms with Crippen LogP contribution >= 0.6 is 15.6 Å². The van der Waals surface area contributed by atoms with Gasteiger partial charge in [0.25, 0.3) is 0 Å². The van der Waals surface area contributed by atoms with Crippen molar-refractivity contribution in [1.29, 1.82) is 0 Å². The highest BCUT2D eigenvalue weighted by Gasteiger charge is 2.30. The summed E-state index contributed by atoms with van der Waals surface area (Å²) in [4.78, 5) is 73.0. The molecule has 0 rings (SSSR count). The second kappa shape index (κ2) is 76.3. The lowest BCUT2D eigenvalue weighted by atomic mass is 10.0. The Labute approximate surface area is 619 Å². The van der Waals surface area contributed by atoms with Crippen LogP contribution in [-0.2, 0) is 65.4 Å². The quantitative estimate of drug-likeness (QED) is 0.0222. The summed E-state index contributed by atoms with van der Waals surface area (Å²) in [5.41, 5.74) is 0. The van der Waals surface area contributed by atoms with Crippen LogP contribution < -0.4 is 0 Å². The minimum atomic E-state index is -4.96. The summed E-state index contributed by atoms with van der Waals surface area (Å²) in [5.74, 6) is -2.11. The minimum absolute atomic E-state index is 0.109. The van der Waals surface area contributed by atoms with Gasteiger partial charge in [-0.25, -0.2) is 9.13 Å². The van der Waals surface area contributed by atoms with Crippen molar-refractivity contribution in [3.8, 4) is 0 Å². The van der Waals surface area contributed by atoms with Gasteiger partial charge in [0.05, 0.1) is 26.4 Å². The molecule has 0 saturated carbocycles. The molecule has 0 aliphatic rings. The van der Waals surface area contributed by atoms with Crippen molar-refractivity contribution in [2.24, 2.45) is 0 Å². The van der Waals surface area contributed by atoms with Crippen molar-refractivity contribution >= 4 is 39.5 Å². The lowest BCUT2D eigenvalue weighted by Crippen LogP contribution is -2.30. The average molecular weight is 1480 g/mol. The summed E-state index contributed by atoms with van der Waals surface area (Å²) < 4.78 is 68.7. The van der Waals surface area contributed by atoms with Gasteiger partial charge in [0, 0.05) is 25.7 Å². The highest BCUT2D eigenvalue weighted by molar-refractivity contribution is 7.47. The third-order valence-corrected chi connectivity index (χ3v) is 21.3. The molecule has 0 aromatic carbocycles. The van der Waals surface area contributed by atoms with Gasteiger partial charge in [-0.05, 0) is 25.7 Å². The Morgan fingerprint density at radius 2 is 0.396 bits per heavy atom. The molecule has 0 amide bonds. The summed E-state index contributed by atoms with van der Waals surface area (Å²) >= 11 is 0. The summed E-state index contributed by atoms with van der Waals surface area (Å²) in [5, 5.41) is 10.6. The molecule has 0 aliphatic heterocycles. The first kappa shape index (κ1) is 99.1. The van der Waals surface area contributed by atoms with Gasteiger partial charge in [0.15, 0.2) is 12.2 Å². The predicted octanol–water partition coefficient (Wildman–Crippen LogP) is 25.0. The van der Waals surface area contributed by atoms with Gasteiger partial charge in [0.2, 0.25) is 0 Å². The number of unbranched alkanes of at least 4 members (excludes halogenated alkanes) is 57. The zero-order valence-electron chi connectivity index (χ0n) is 65.9. The van der Waals surface area contributed by atoms with E-state index in [9.17, 15) is 43.2 Å². The van der Waals surface area contributed by atoms with Gasteiger partial charge in [-0.2, -0.15) is 0 Å². The third-order valence-electron chi connectivity index (χ3n) is 19.4. The number of phosphoric ester groups is 2. The highest BCUT2D eigenvalue weighted by Crippen LogP contribution is 2.45. The first-order valence-corrected chi connectivity index (χ1v) is 45.8. The van der Waals surface area contributed by atoms with Gasteiger partial charge in [-0.15, -0.1) is 0 Å². The fraction of sp³-hybridized carbons (Fsp3) is 0.951. The molecule has 3 N–H and O–H groups in total. The Morgan fingerprint density at radius 3 is 0.584 bits per heavy atom. The Hall–Kier alpha value is -1.94. The molecule has 2 unspecified atom stereocenters. The minimum Gasteiger partial charge on any atom is -0.462 e. The van der Waals surface area contributed by atoms with Crippen LogP contribution in [0.1, 0.15) is 445 Å². The summed E-state index contributed by atoms with van der Waals surface area (Å²) in [7, 11) is -9.91. The number of hydrogen-bond acceptors (Lipinski definition) is 15. The molecule has 0 aliphatic carbocycles. The van der Waals surface area contributed by atoms with E-state index < -0.39 is 97.5 Å². The number of aliphatic hydroxyl groups is 1. The van der Waals surface area contributed by atoms with Crippen molar-refractivity contribution in [2.45, 2.75) is 463 Å². The Morgan fingerprint density at radius 1 is 0.238 bits per heavy atom. The average Bonchev–Trinajstić information content (AvgIpc) is 1.18. The fourth-order valence-electron chi connectivity index (χ4n) is 12.8. The van der Waals surface area contributed by atoms with E-state index in [-0.39, 0.29) is 25.7 Å². The monoisotopic (exact) mass is 1480 g/mol. The summed E-state index contributed by atoms with van der Waals surface area (Å²) in [6, 6.07) is 0. The maximum Gasteiger partial charge on any atom is 0.472 e. The van der Waals surface area contributed by atoms with Gasteiger partial charge < -0.3 is 33.8 Å². The number of aliphatic hydroxyl groups excluding tert-OH is 1. The lowest BCUT2D eigenvalue weighted by molar-refractivity contribution is -0.161. The molecule has 0 radical (unpaired) electrons. The van der Waals surface area contributed by atoms with Crippen LogP contribution in [-0.4, -0.2) is 96.7 Å². The van der Waals surface area contributed by atoms with E-state index in [1.807, 2.05) is 0 Å². The largest absolute Gasteiger partial charge is 0.472 e. The molecule has 0 spiro atoms. The van der Waals surface area contributed by atoms with E-state index in [2.05, 4.69) is 27.7 Å². The smallest absolute Gasteiger partial charge is 0.462 e. The normalized spacial score (nSPS) is 13.8. The zero-order valence-corrected chi connectivity index (χ0v) is 67.7. The van der Waals surface area contributed by atoms with Crippen LogP contribution in [0.25, 0.3) is 0 Å². The number of ether oxygens (including phenoxy) is 4. The molecule has 101 heavy (non-hydrogen) atoms. The van der Waals surface area contributed by atoms with Crippen molar-refractivity contribution < 1.29 is 80.2 Å². The predicted molar refractivity (Wildman–Crippen MR) is 414 cm³/mol. The Kier molecular flexibility index (Phi) is 74.8. The molecule has 17 nitrogen and oxygen atoms in total. The van der Waals surface area contributed by atoms with Crippen molar-refractivity contribution in [1.82, 2.24) is 0 Å². The van der Waals surface area contributed by atoms with Gasteiger partial charge in [0.1, 0.15) is 19.3 Å². The second-order valence-electron chi connectivity index (χ2n) is 29.5. The van der Waals surface area contributed by atoms with E-state index in [1.54, 1.807) is 0 Å². The standard InChI is InChI=1S/C82H160O17P2/c1-5-9-13-17-21-25-28-31-34-36-37-38-39-41-44-47-50-53-57-61-65-69-82(87)99-78(73-93-80(85)67-63-59-55-51-48-45-43-40-35-32-29-26-22-18-14-10-6-2)75-97-101(90,91)95-71-76(83)70-94-100(88,89)96-74-77(72-92-79(84)66-62-58-54-24-20-16-12-8-4)98-81(86)68-64-60-56-52-49-46-42-33-30-27-23-19-15-11-7-3/h76-78,83H,5-75H2,1-4H3,(H,88,89)(H,90,91)/t76-,77+,78+/m0/s1. The lowest BCUT2D eigenvalue weighted by Gasteiger charge is -2.21. The number of hydrogen-bond donors (Lipinski definition) is 3. The van der Waals surface area contributed by atoms with E-state index in [0.29, 0.717) is 25.7 Å². The molecule has 0 bridgehead atoms. The first-order chi connectivity index (χ1) is 49.2. The van der Waals surface area contributed by atoms with E-state index in [1.165, 1.54) is 276 Å². The summed E-state index contributed by atoms with van der Waals surface area (Å²) in [6.07, 6.45) is 69.5. The number of esters is 4. The van der Waals surface area contributed by atoms with Crippen LogP contribution in [0.2, 0.25) is 0 Å². The SMILES string of the molecule is CCCCCCCCCCCCCCCCCCCCCCCC(=O)O[C@H](COC(=O)CCCCCCCCCCCCCCCCCCC)COP(=O)(O)OC[C@@H](O)COP(=O)(O)OC[C@@H](COC(=O)CCCCCCCCCC)OC(=O)CCCCCCCCCCCCCCCCC. The van der Waals surface area contributed by atoms with Crippen molar-refractivity contribution in [3.63, 3.8) is 0 Å². The molecule has 0 saturated heterocycles. The Balaban J connectivity index is 5.18. The molecule has 0 aromatic rings. The maximum absolute atomic E-state index is 13.1. The molecule has 600 valence electrons. The topological polar surface area (TPSA) is 237 Å². The first-order valence-electron chi connectivity index (χ1n) is 42.8. The maximum atomic E-state index is 13.1. The van der Waals surface area contributed by atoms with Crippen LogP contribution in [0.15, 0.2) is 0 Å². The molecule has 0 heterocycles. The van der Waals surface area contributed by atoms with E-state index in [4.69, 9.17) is 37.0 Å². The molecule has 0 fully saturated rings. The molecule has 19 heteroatoms. The third kappa shape index (κ3) is 76.1. The molecule has 0 aromatic heterocycles. The van der Waals surface area contributed by atoms with Gasteiger partial charge >= 0.3 is 39.5 Å². The Bertz CT molecular complexity index is 1910. The number of rotatable bonds is 83. The van der Waals surface area contributed by atoms with Gasteiger partial charge in [-0.1, -0.05) is 394 Å². The fourth-order valence-corrected chi connectivity index (χ4v) is 14.4. The summed E-state index contributed by atoms with van der Waals surface area (Å²) in [6.45, 7) is 5.01. The van der Waals surface area contributed by atoms with Crippen LogP contribution in [0.5, 0.6) is 0 Å². The zero-order chi connectivity index (χ0) is 73.9. The number of phosphoric acid groups is 2. The number of carbonyl (C=O) groups is 4. The van der Waals surface area contributed by atoms with E-state index >= 15 is 0 Å². The number of carbonyl (C=O) groups excluding carboxylic acids is 4. The van der Waals surface area contributed by atoms with Crippen LogP contribution in [0.4, 0.5) is 0 Å².